The molecule has 1 saturated heterocycles. The summed E-state index contributed by atoms with van der Waals surface area (Å²) >= 11 is 0. The van der Waals surface area contributed by atoms with Crippen molar-refractivity contribution >= 4 is 11.3 Å². The molecule has 2 atom stereocenters. The summed E-state index contributed by atoms with van der Waals surface area (Å²) in [6.45, 7) is 0.892. The number of fused-ring (bicyclic) bond motifs is 3. The molecule has 3 aliphatic rings. The molecule has 0 spiro atoms. The molecule has 2 fully saturated rings. The van der Waals surface area contributed by atoms with Crippen LogP contribution in [0.2, 0.25) is 0 Å². The van der Waals surface area contributed by atoms with Crippen molar-refractivity contribution in [3.8, 4) is 28.7 Å². The number of anilines is 1. The smallest absolute Gasteiger partial charge is 0.149 e. The number of imidazole rings is 1. The van der Waals surface area contributed by atoms with Crippen molar-refractivity contribution in [1.82, 2.24) is 24.1 Å². The van der Waals surface area contributed by atoms with Crippen LogP contribution >= 0.6 is 0 Å². The molecule has 1 aromatic carbocycles. The molecule has 5 heterocycles. The number of aromatic nitrogens is 5. The van der Waals surface area contributed by atoms with Crippen molar-refractivity contribution in [3.05, 3.63) is 67.1 Å². The van der Waals surface area contributed by atoms with E-state index in [-0.39, 0.29) is 6.04 Å². The Labute approximate surface area is 203 Å². The molecule has 0 radical (unpaired) electrons. The van der Waals surface area contributed by atoms with E-state index in [1.807, 2.05) is 33.7 Å². The average molecular weight is 464 g/mol. The lowest BCUT2D eigenvalue weighted by molar-refractivity contribution is 0.155. The van der Waals surface area contributed by atoms with Crippen LogP contribution < -0.4 is 4.90 Å². The maximum Gasteiger partial charge on any atom is 0.149 e. The van der Waals surface area contributed by atoms with E-state index in [1.165, 1.54) is 12.8 Å². The molecule has 1 saturated carbocycles. The Bertz CT molecular complexity index is 1470. The highest BCUT2D eigenvalue weighted by atomic mass is 16.5. The maximum atomic E-state index is 9.28. The molecule has 3 aromatic heterocycles. The lowest BCUT2D eigenvalue weighted by Gasteiger charge is -2.28. The number of allylic oxidation sites excluding steroid dienone is 1. The molecular weight excluding hydrogens is 438 g/mol. The Morgan fingerprint density at radius 1 is 1.14 bits per heavy atom. The molecular formula is C27H25N7O. The topological polar surface area (TPSA) is 84.3 Å². The summed E-state index contributed by atoms with van der Waals surface area (Å²) in [5.41, 5.74) is 4.83. The zero-order valence-corrected chi connectivity index (χ0v) is 19.3. The standard InChI is InChI=1S/C27H25N7O/c28-10-9-25(19-1-2-19)34-15-20(14-30-34)27-31-24(13-26-29-11-12-33(26)27)18-3-5-21(6-4-18)32-16-22-7-8-23(17-32)35-22/h3-6,11-16,19,23,25H,1-2,7-9,17H2. The molecule has 4 aromatic rings. The van der Waals surface area contributed by atoms with E-state index >= 15 is 0 Å². The van der Waals surface area contributed by atoms with Crippen molar-refractivity contribution < 1.29 is 4.74 Å². The minimum atomic E-state index is 0.133. The van der Waals surface area contributed by atoms with E-state index in [2.05, 4.69) is 51.5 Å². The Morgan fingerprint density at radius 2 is 2.03 bits per heavy atom. The highest BCUT2D eigenvalue weighted by molar-refractivity contribution is 5.70. The van der Waals surface area contributed by atoms with E-state index in [0.29, 0.717) is 18.4 Å². The predicted molar refractivity (Wildman–Crippen MR) is 131 cm³/mol. The Morgan fingerprint density at radius 3 is 2.83 bits per heavy atom. The van der Waals surface area contributed by atoms with Gasteiger partial charge in [0.25, 0.3) is 0 Å². The van der Waals surface area contributed by atoms with Gasteiger partial charge in [-0.25, -0.2) is 9.97 Å². The van der Waals surface area contributed by atoms with Crippen molar-refractivity contribution in [3.63, 3.8) is 0 Å². The van der Waals surface area contributed by atoms with Gasteiger partial charge in [-0.1, -0.05) is 12.1 Å². The van der Waals surface area contributed by atoms with Gasteiger partial charge in [-0.2, -0.15) is 10.4 Å². The first-order chi connectivity index (χ1) is 17.2. The third-order valence-electron chi connectivity index (χ3n) is 7.28. The van der Waals surface area contributed by atoms with Crippen molar-refractivity contribution in [2.45, 2.75) is 44.2 Å². The van der Waals surface area contributed by atoms with Crippen LogP contribution in [0.25, 0.3) is 28.3 Å². The van der Waals surface area contributed by atoms with Crippen LogP contribution in [0.1, 0.15) is 38.1 Å². The third kappa shape index (κ3) is 3.64. The fourth-order valence-electron chi connectivity index (χ4n) is 5.27. The molecule has 35 heavy (non-hydrogen) atoms. The summed E-state index contributed by atoms with van der Waals surface area (Å²) in [5, 5.41) is 13.9. The van der Waals surface area contributed by atoms with Gasteiger partial charge in [-0.05, 0) is 37.3 Å². The summed E-state index contributed by atoms with van der Waals surface area (Å²) in [4.78, 5) is 11.8. The highest BCUT2D eigenvalue weighted by Crippen LogP contribution is 2.41. The van der Waals surface area contributed by atoms with Gasteiger partial charge >= 0.3 is 0 Å². The second kappa shape index (κ2) is 7.98. The van der Waals surface area contributed by atoms with Gasteiger partial charge in [-0.3, -0.25) is 9.08 Å². The third-order valence-corrected chi connectivity index (χ3v) is 7.28. The zero-order valence-electron chi connectivity index (χ0n) is 19.3. The molecule has 2 aliphatic heterocycles. The molecule has 174 valence electrons. The summed E-state index contributed by atoms with van der Waals surface area (Å²) < 4.78 is 9.80. The zero-order chi connectivity index (χ0) is 23.4. The molecule has 2 unspecified atom stereocenters. The largest absolute Gasteiger partial charge is 0.491 e. The molecule has 8 nitrogen and oxygen atoms in total. The van der Waals surface area contributed by atoms with Gasteiger partial charge in [-0.15, -0.1) is 0 Å². The van der Waals surface area contributed by atoms with Crippen LogP contribution in [-0.4, -0.2) is 36.8 Å². The Hall–Kier alpha value is -4.12. The van der Waals surface area contributed by atoms with Crippen LogP contribution in [-0.2, 0) is 4.74 Å². The average Bonchev–Trinajstić information content (AvgIpc) is 3.25. The number of benzene rings is 1. The lowest BCUT2D eigenvalue weighted by Crippen LogP contribution is -2.30. The van der Waals surface area contributed by atoms with Crippen LogP contribution in [0, 0.1) is 17.2 Å². The van der Waals surface area contributed by atoms with Gasteiger partial charge in [0, 0.05) is 48.5 Å². The first kappa shape index (κ1) is 20.3. The monoisotopic (exact) mass is 463 g/mol. The summed E-state index contributed by atoms with van der Waals surface area (Å²) in [6.07, 6.45) is 15.0. The maximum absolute atomic E-state index is 9.28. The Kier molecular flexibility index (Phi) is 4.62. The fourth-order valence-corrected chi connectivity index (χ4v) is 5.27. The van der Waals surface area contributed by atoms with Crippen molar-refractivity contribution in [2.24, 2.45) is 5.92 Å². The molecule has 2 bridgehead atoms. The van der Waals surface area contributed by atoms with Gasteiger partial charge in [0.15, 0.2) is 0 Å². The number of hydrogen-bond acceptors (Lipinski definition) is 6. The first-order valence-corrected chi connectivity index (χ1v) is 12.3. The van der Waals surface area contributed by atoms with Crippen molar-refractivity contribution in [1.29, 1.82) is 5.26 Å². The minimum absolute atomic E-state index is 0.133. The van der Waals surface area contributed by atoms with E-state index in [4.69, 9.17) is 9.72 Å². The molecule has 0 amide bonds. The summed E-state index contributed by atoms with van der Waals surface area (Å²) in [5.74, 6) is 2.43. The quantitative estimate of drug-likeness (QED) is 0.402. The van der Waals surface area contributed by atoms with Gasteiger partial charge in [0.05, 0.1) is 42.5 Å². The Balaban J connectivity index is 1.23. The molecule has 7 rings (SSSR count). The molecule has 1 aliphatic carbocycles. The first-order valence-electron chi connectivity index (χ1n) is 12.3. The molecule has 8 heteroatoms. The minimum Gasteiger partial charge on any atom is -0.491 e. The number of ether oxygens (including phenoxy) is 1. The van der Waals surface area contributed by atoms with E-state index in [1.54, 1.807) is 6.20 Å². The van der Waals surface area contributed by atoms with Crippen molar-refractivity contribution in [2.75, 3.05) is 11.4 Å². The SMILES string of the molecule is N#CCC(C1CC1)n1cc(-c2nc(-c3ccc(N4C=C5CCC(C4)O5)cc3)cc3nccn23)cn1. The van der Waals surface area contributed by atoms with Crippen LogP contribution in [0.3, 0.4) is 0 Å². The molecule has 0 N–H and O–H groups in total. The van der Waals surface area contributed by atoms with Crippen LogP contribution in [0.4, 0.5) is 5.69 Å². The van der Waals surface area contributed by atoms with Crippen LogP contribution in [0.15, 0.2) is 67.1 Å². The normalized spacial score (nSPS) is 19.9. The predicted octanol–water partition coefficient (Wildman–Crippen LogP) is 4.96. The fraction of sp³-hybridized carbons (Fsp3) is 0.333. The van der Waals surface area contributed by atoms with E-state index in [0.717, 1.165) is 59.1 Å². The second-order valence-electron chi connectivity index (χ2n) is 9.67. The van der Waals surface area contributed by atoms with Gasteiger partial charge in [0.2, 0.25) is 0 Å². The second-order valence-corrected chi connectivity index (χ2v) is 9.67. The number of rotatable bonds is 6. The number of nitriles is 1. The van der Waals surface area contributed by atoms with Gasteiger partial charge < -0.3 is 9.64 Å². The van der Waals surface area contributed by atoms with Gasteiger partial charge in [0.1, 0.15) is 23.3 Å². The summed E-state index contributed by atoms with van der Waals surface area (Å²) in [7, 11) is 0. The van der Waals surface area contributed by atoms with Crippen LogP contribution in [0.5, 0.6) is 0 Å². The van der Waals surface area contributed by atoms with E-state index < -0.39 is 0 Å². The number of nitrogens with zero attached hydrogens (tertiary/aromatic N) is 7. The summed E-state index contributed by atoms with van der Waals surface area (Å²) in [6, 6.07) is 13.0. The lowest BCUT2D eigenvalue weighted by atomic mass is 10.1. The highest BCUT2D eigenvalue weighted by Gasteiger charge is 2.33. The number of hydrogen-bond donors (Lipinski definition) is 0. The van der Waals surface area contributed by atoms with E-state index in [9.17, 15) is 5.26 Å².